The molecule has 2 rings (SSSR count). The van der Waals surface area contributed by atoms with Crippen molar-refractivity contribution in [2.75, 3.05) is 18.5 Å². The molecule has 0 saturated heterocycles. The first-order valence-corrected chi connectivity index (χ1v) is 7.74. The van der Waals surface area contributed by atoms with Crippen LogP contribution in [0.3, 0.4) is 0 Å². The van der Waals surface area contributed by atoms with Crippen LogP contribution >= 0.6 is 43.6 Å². The van der Waals surface area contributed by atoms with Crippen LogP contribution in [0.5, 0.6) is 5.88 Å². The van der Waals surface area contributed by atoms with Gasteiger partial charge in [0.1, 0.15) is 18.9 Å². The summed E-state index contributed by atoms with van der Waals surface area (Å²) in [5, 5.41) is 13.0. The third-order valence-corrected chi connectivity index (χ3v) is 3.87. The third-order valence-electron chi connectivity index (χ3n) is 2.22. The zero-order valence-electron chi connectivity index (χ0n) is 9.72. The normalized spacial score (nSPS) is 12.2. The van der Waals surface area contributed by atoms with E-state index in [4.69, 9.17) is 4.74 Å². The number of halogens is 2. The second kappa shape index (κ2) is 7.18. The van der Waals surface area contributed by atoms with E-state index in [1.165, 1.54) is 6.20 Å². The van der Waals surface area contributed by atoms with Crippen molar-refractivity contribution in [3.63, 3.8) is 0 Å². The van der Waals surface area contributed by atoms with Gasteiger partial charge >= 0.3 is 0 Å². The molecule has 0 aliphatic heterocycles. The van der Waals surface area contributed by atoms with Crippen LogP contribution in [-0.2, 0) is 0 Å². The highest BCUT2D eigenvalue weighted by Crippen LogP contribution is 2.26. The highest BCUT2D eigenvalue weighted by Gasteiger charge is 2.08. The van der Waals surface area contributed by atoms with Crippen molar-refractivity contribution in [1.82, 2.24) is 8.75 Å². The highest BCUT2D eigenvalue weighted by molar-refractivity contribution is 9.11. The lowest BCUT2D eigenvalue weighted by Crippen LogP contribution is -2.26. The fraction of sp³-hybridized carbons (Fsp3) is 0.273. The molecule has 2 N–H and O–H groups in total. The molecule has 0 saturated carbocycles. The third kappa shape index (κ3) is 4.72. The van der Waals surface area contributed by atoms with Crippen LogP contribution in [0, 0.1) is 0 Å². The van der Waals surface area contributed by atoms with Gasteiger partial charge < -0.3 is 15.2 Å². The van der Waals surface area contributed by atoms with Crippen molar-refractivity contribution in [3.05, 3.63) is 33.3 Å². The first-order chi connectivity index (χ1) is 9.15. The Morgan fingerprint density at radius 1 is 1.42 bits per heavy atom. The Kier molecular flexibility index (Phi) is 5.56. The summed E-state index contributed by atoms with van der Waals surface area (Å²) < 4.78 is 14.9. The number of aliphatic hydroxyl groups is 1. The second-order valence-corrected chi connectivity index (χ2v) is 6.04. The van der Waals surface area contributed by atoms with Gasteiger partial charge in [0.15, 0.2) is 0 Å². The summed E-state index contributed by atoms with van der Waals surface area (Å²) in [4.78, 5) is 0. The van der Waals surface area contributed by atoms with E-state index < -0.39 is 6.10 Å². The van der Waals surface area contributed by atoms with Crippen LogP contribution in [0.1, 0.15) is 0 Å². The summed E-state index contributed by atoms with van der Waals surface area (Å²) >= 11 is 7.91. The molecule has 0 radical (unpaired) electrons. The fourth-order valence-corrected chi connectivity index (χ4v) is 2.43. The minimum Gasteiger partial charge on any atom is -0.473 e. The van der Waals surface area contributed by atoms with Crippen LogP contribution in [0.4, 0.5) is 5.69 Å². The molecule has 1 unspecified atom stereocenters. The molecule has 8 heteroatoms. The van der Waals surface area contributed by atoms with Gasteiger partial charge in [-0.15, -0.1) is 4.37 Å². The zero-order valence-corrected chi connectivity index (χ0v) is 13.7. The summed E-state index contributed by atoms with van der Waals surface area (Å²) in [5.41, 5.74) is 0.906. The Morgan fingerprint density at radius 3 is 3.00 bits per heavy atom. The van der Waals surface area contributed by atoms with Gasteiger partial charge in [0.25, 0.3) is 0 Å². The van der Waals surface area contributed by atoms with Gasteiger partial charge in [-0.05, 0) is 34.1 Å². The van der Waals surface area contributed by atoms with E-state index in [0.717, 1.165) is 26.4 Å². The number of aromatic nitrogens is 2. The van der Waals surface area contributed by atoms with Gasteiger partial charge in [0.05, 0.1) is 11.7 Å². The maximum absolute atomic E-state index is 9.81. The Morgan fingerprint density at radius 2 is 2.26 bits per heavy atom. The van der Waals surface area contributed by atoms with E-state index in [-0.39, 0.29) is 6.61 Å². The molecule has 1 aromatic heterocycles. The van der Waals surface area contributed by atoms with Crippen LogP contribution in [0.2, 0.25) is 0 Å². The van der Waals surface area contributed by atoms with Crippen molar-refractivity contribution in [2.45, 2.75) is 6.10 Å². The number of hydrogen-bond acceptors (Lipinski definition) is 6. The number of aliphatic hydroxyl groups excluding tert-OH is 1. The molecule has 1 atom stereocenters. The average Bonchev–Trinajstić information content (AvgIpc) is 2.90. The second-order valence-electron chi connectivity index (χ2n) is 3.72. The van der Waals surface area contributed by atoms with Crippen LogP contribution in [0.15, 0.2) is 33.3 Å². The summed E-state index contributed by atoms with van der Waals surface area (Å²) in [7, 11) is 0. The predicted octanol–water partition coefficient (Wildman–Crippen LogP) is 2.91. The number of benzene rings is 1. The molecular formula is C11H11Br2N3O2S. The fourth-order valence-electron chi connectivity index (χ4n) is 1.32. The van der Waals surface area contributed by atoms with E-state index in [1.54, 1.807) is 0 Å². The number of nitrogens with zero attached hydrogens (tertiary/aromatic N) is 2. The molecule has 102 valence electrons. The highest BCUT2D eigenvalue weighted by atomic mass is 79.9. The molecule has 5 nitrogen and oxygen atoms in total. The Balaban J connectivity index is 1.79. The molecular weight excluding hydrogens is 398 g/mol. The maximum Gasteiger partial charge on any atom is 0.245 e. The number of hydrogen-bond donors (Lipinski definition) is 2. The van der Waals surface area contributed by atoms with E-state index in [0.29, 0.717) is 12.4 Å². The average molecular weight is 409 g/mol. The smallest absolute Gasteiger partial charge is 0.245 e. The number of rotatable bonds is 6. The standard InChI is InChI=1S/C11H11Br2N3O2S/c12-7-1-2-9(13)10(3-7)14-4-8(17)6-18-11-5-15-19-16-11/h1-3,5,8,14,17H,4,6H2. The summed E-state index contributed by atoms with van der Waals surface area (Å²) in [6.07, 6.45) is 0.892. The van der Waals surface area contributed by atoms with Gasteiger partial charge in [-0.1, -0.05) is 15.9 Å². The van der Waals surface area contributed by atoms with Gasteiger partial charge in [0.2, 0.25) is 5.88 Å². The van der Waals surface area contributed by atoms with Gasteiger partial charge in [0, 0.05) is 21.2 Å². The van der Waals surface area contributed by atoms with E-state index >= 15 is 0 Å². The van der Waals surface area contributed by atoms with Gasteiger partial charge in [-0.3, -0.25) is 0 Å². The monoisotopic (exact) mass is 407 g/mol. The van der Waals surface area contributed by atoms with Crippen molar-refractivity contribution in [3.8, 4) is 5.88 Å². The summed E-state index contributed by atoms with van der Waals surface area (Å²) in [6, 6.07) is 5.79. The number of nitrogens with one attached hydrogen (secondary N) is 1. The molecule has 0 fully saturated rings. The van der Waals surface area contributed by atoms with Gasteiger partial charge in [-0.25, -0.2) is 0 Å². The van der Waals surface area contributed by atoms with E-state index in [9.17, 15) is 5.11 Å². The lowest BCUT2D eigenvalue weighted by molar-refractivity contribution is 0.115. The van der Waals surface area contributed by atoms with Gasteiger partial charge in [-0.2, -0.15) is 4.37 Å². The molecule has 0 aliphatic carbocycles. The lowest BCUT2D eigenvalue weighted by atomic mass is 10.3. The maximum atomic E-state index is 9.81. The minimum absolute atomic E-state index is 0.171. The summed E-state index contributed by atoms with van der Waals surface area (Å²) in [6.45, 7) is 0.552. The predicted molar refractivity (Wildman–Crippen MR) is 81.7 cm³/mol. The van der Waals surface area contributed by atoms with Crippen LogP contribution in [-0.4, -0.2) is 33.1 Å². The first kappa shape index (κ1) is 14.7. The Bertz CT molecular complexity index is 525. The van der Waals surface area contributed by atoms with Crippen LogP contribution in [0.25, 0.3) is 0 Å². The molecule has 19 heavy (non-hydrogen) atoms. The number of ether oxygens (including phenoxy) is 1. The SMILES string of the molecule is OC(CNc1cc(Br)ccc1Br)COc1cnsn1. The van der Waals surface area contributed by atoms with Crippen molar-refractivity contribution in [2.24, 2.45) is 0 Å². The Hall–Kier alpha value is -0.700. The van der Waals surface area contributed by atoms with E-state index in [2.05, 4.69) is 45.9 Å². The topological polar surface area (TPSA) is 67.3 Å². The summed E-state index contributed by atoms with van der Waals surface area (Å²) in [5.74, 6) is 0.438. The molecule has 2 aromatic rings. The molecule has 0 amide bonds. The molecule has 0 bridgehead atoms. The number of anilines is 1. The molecule has 0 aliphatic rings. The van der Waals surface area contributed by atoms with Crippen LogP contribution < -0.4 is 10.1 Å². The van der Waals surface area contributed by atoms with Crippen molar-refractivity contribution < 1.29 is 9.84 Å². The van der Waals surface area contributed by atoms with Crippen molar-refractivity contribution in [1.29, 1.82) is 0 Å². The molecule has 1 heterocycles. The lowest BCUT2D eigenvalue weighted by Gasteiger charge is -2.14. The largest absolute Gasteiger partial charge is 0.473 e. The quantitative estimate of drug-likeness (QED) is 0.769. The first-order valence-electron chi connectivity index (χ1n) is 5.42. The van der Waals surface area contributed by atoms with E-state index in [1.807, 2.05) is 18.2 Å². The molecule has 0 spiro atoms. The minimum atomic E-state index is -0.632. The van der Waals surface area contributed by atoms with Crippen molar-refractivity contribution >= 4 is 49.3 Å². The molecule has 1 aromatic carbocycles. The Labute approximate surface area is 131 Å². The zero-order chi connectivity index (χ0) is 13.7.